The Labute approximate surface area is 174 Å². The number of piperidine rings is 2. The Morgan fingerprint density at radius 1 is 1.21 bits per heavy atom. The molecule has 2 saturated heterocycles. The molecular weight excluding hydrogens is 388 g/mol. The van der Waals surface area contributed by atoms with Gasteiger partial charge in [-0.1, -0.05) is 13.0 Å². The Morgan fingerprint density at radius 3 is 2.79 bits per heavy atom. The van der Waals surface area contributed by atoms with Crippen LogP contribution in [0.5, 0.6) is 0 Å². The van der Waals surface area contributed by atoms with Crippen molar-refractivity contribution in [2.75, 3.05) is 26.2 Å². The number of thiophene rings is 1. The van der Waals surface area contributed by atoms with Gasteiger partial charge in [-0.25, -0.2) is 4.68 Å². The molecule has 0 spiro atoms. The van der Waals surface area contributed by atoms with Crippen LogP contribution < -0.4 is 0 Å². The number of hydrogen-bond donors (Lipinski definition) is 0. The van der Waals surface area contributed by atoms with Crippen molar-refractivity contribution in [3.8, 4) is 0 Å². The highest BCUT2D eigenvalue weighted by Crippen LogP contribution is 2.23. The van der Waals surface area contributed by atoms with E-state index >= 15 is 0 Å². The summed E-state index contributed by atoms with van der Waals surface area (Å²) >= 11 is 1.47. The van der Waals surface area contributed by atoms with Crippen molar-refractivity contribution in [1.82, 2.24) is 30.0 Å². The maximum atomic E-state index is 12.9. The van der Waals surface area contributed by atoms with E-state index in [1.807, 2.05) is 17.5 Å². The van der Waals surface area contributed by atoms with E-state index in [9.17, 15) is 9.59 Å². The highest BCUT2D eigenvalue weighted by Gasteiger charge is 2.30. The smallest absolute Gasteiger partial charge is 0.244 e. The van der Waals surface area contributed by atoms with Gasteiger partial charge in [-0.3, -0.25) is 14.5 Å². The molecule has 0 unspecified atom stereocenters. The van der Waals surface area contributed by atoms with Crippen LogP contribution in [-0.2, 0) is 17.9 Å². The molecule has 4 heterocycles. The predicted molar refractivity (Wildman–Crippen MR) is 109 cm³/mol. The van der Waals surface area contributed by atoms with Crippen molar-refractivity contribution in [2.24, 2.45) is 11.8 Å². The van der Waals surface area contributed by atoms with Gasteiger partial charge >= 0.3 is 0 Å². The third-order valence-corrected chi connectivity index (χ3v) is 6.93. The summed E-state index contributed by atoms with van der Waals surface area (Å²) in [5, 5.41) is 13.9. The number of carbonyl (C=O) groups is 2. The third kappa shape index (κ3) is 4.90. The number of amides is 1. The first-order chi connectivity index (χ1) is 14.1. The number of Topliss-reactive ketones (excluding diaryl/α,β-unsaturated/α-hetero) is 1. The number of hydrogen-bond acceptors (Lipinski definition) is 7. The Bertz CT molecular complexity index is 828. The Morgan fingerprint density at radius 2 is 2.03 bits per heavy atom. The van der Waals surface area contributed by atoms with E-state index in [0.29, 0.717) is 19.6 Å². The first-order valence-electron chi connectivity index (χ1n) is 10.4. The lowest BCUT2D eigenvalue weighted by Gasteiger charge is -2.32. The average molecular weight is 417 g/mol. The minimum atomic E-state index is -0.116. The quantitative estimate of drug-likeness (QED) is 0.671. The van der Waals surface area contributed by atoms with Gasteiger partial charge in [0.15, 0.2) is 11.6 Å². The summed E-state index contributed by atoms with van der Waals surface area (Å²) in [6.07, 6.45) is 4.06. The summed E-state index contributed by atoms with van der Waals surface area (Å²) in [5.41, 5.74) is 0. The molecule has 2 aliphatic rings. The molecule has 2 aromatic rings. The van der Waals surface area contributed by atoms with Crippen molar-refractivity contribution < 1.29 is 9.59 Å². The highest BCUT2D eigenvalue weighted by atomic mass is 32.1. The third-order valence-electron chi connectivity index (χ3n) is 6.04. The molecule has 2 fully saturated rings. The number of carbonyl (C=O) groups excluding carboxylic acids is 2. The summed E-state index contributed by atoms with van der Waals surface area (Å²) < 4.78 is 1.62. The van der Waals surface area contributed by atoms with Gasteiger partial charge in [-0.05, 0) is 66.6 Å². The largest absolute Gasteiger partial charge is 0.340 e. The summed E-state index contributed by atoms with van der Waals surface area (Å²) in [7, 11) is 0. The maximum Gasteiger partial charge on any atom is 0.244 e. The topological polar surface area (TPSA) is 84.2 Å². The molecule has 1 atom stereocenters. The van der Waals surface area contributed by atoms with Crippen LogP contribution in [-0.4, -0.2) is 67.9 Å². The highest BCUT2D eigenvalue weighted by molar-refractivity contribution is 7.12. The molecule has 2 aliphatic heterocycles. The normalized spacial score (nSPS) is 21.4. The molecule has 0 radical (unpaired) electrons. The van der Waals surface area contributed by atoms with Crippen LogP contribution in [0.2, 0.25) is 0 Å². The summed E-state index contributed by atoms with van der Waals surface area (Å²) in [6, 6.07) is 3.76. The van der Waals surface area contributed by atoms with E-state index < -0.39 is 0 Å². The van der Waals surface area contributed by atoms with Gasteiger partial charge in [0.1, 0.15) is 6.54 Å². The summed E-state index contributed by atoms with van der Waals surface area (Å²) in [4.78, 5) is 30.5. The van der Waals surface area contributed by atoms with Crippen LogP contribution in [0, 0.1) is 11.8 Å². The molecule has 4 rings (SSSR count). The fourth-order valence-electron chi connectivity index (χ4n) is 4.15. The molecule has 29 heavy (non-hydrogen) atoms. The molecule has 156 valence electrons. The molecule has 2 aromatic heterocycles. The Kier molecular flexibility index (Phi) is 6.34. The summed E-state index contributed by atoms with van der Waals surface area (Å²) in [5.74, 6) is 1.52. The van der Waals surface area contributed by atoms with Crippen molar-refractivity contribution in [3.05, 3.63) is 28.2 Å². The molecular formula is C20H28N6O2S. The number of ketones is 1. The first kappa shape index (κ1) is 20.2. The molecule has 1 amide bonds. The van der Waals surface area contributed by atoms with Crippen molar-refractivity contribution in [2.45, 2.75) is 45.7 Å². The second-order valence-electron chi connectivity index (χ2n) is 8.23. The van der Waals surface area contributed by atoms with Gasteiger partial charge in [-0.2, -0.15) is 0 Å². The van der Waals surface area contributed by atoms with Gasteiger partial charge < -0.3 is 4.90 Å². The number of nitrogens with zero attached hydrogens (tertiary/aromatic N) is 6. The van der Waals surface area contributed by atoms with Gasteiger partial charge in [0.05, 0.1) is 11.4 Å². The van der Waals surface area contributed by atoms with Crippen LogP contribution >= 0.6 is 11.3 Å². The predicted octanol–water partition coefficient (Wildman–Crippen LogP) is 2.09. The van der Waals surface area contributed by atoms with Crippen molar-refractivity contribution in [3.63, 3.8) is 0 Å². The number of likely N-dealkylation sites (tertiary alicyclic amines) is 2. The molecule has 0 N–H and O–H groups in total. The molecule has 8 nitrogen and oxygen atoms in total. The number of rotatable bonds is 6. The fraction of sp³-hybridized carbons (Fsp3) is 0.650. The lowest BCUT2D eigenvalue weighted by atomic mass is 9.93. The second kappa shape index (κ2) is 9.13. The SMILES string of the molecule is CC1CCN(Cc2nnnn2CC(=O)N2CCC[C@H](C(=O)c3cccs3)C2)CC1. The lowest BCUT2D eigenvalue weighted by molar-refractivity contribution is -0.133. The van der Waals surface area contributed by atoms with Crippen molar-refractivity contribution >= 4 is 23.0 Å². The van der Waals surface area contributed by atoms with E-state index in [-0.39, 0.29) is 24.2 Å². The minimum absolute atomic E-state index is 0.0190. The van der Waals surface area contributed by atoms with Gasteiger partial charge in [0.25, 0.3) is 0 Å². The van der Waals surface area contributed by atoms with E-state index in [4.69, 9.17) is 0 Å². The van der Waals surface area contributed by atoms with Crippen LogP contribution in [0.3, 0.4) is 0 Å². The van der Waals surface area contributed by atoms with E-state index in [1.54, 1.807) is 9.58 Å². The van der Waals surface area contributed by atoms with E-state index in [0.717, 1.165) is 42.6 Å². The van der Waals surface area contributed by atoms with Gasteiger partial charge in [0.2, 0.25) is 5.91 Å². The number of aromatic nitrogens is 4. The average Bonchev–Trinajstić information content (AvgIpc) is 3.42. The van der Waals surface area contributed by atoms with Crippen LogP contribution in [0.1, 0.15) is 48.1 Å². The van der Waals surface area contributed by atoms with Crippen LogP contribution in [0.15, 0.2) is 17.5 Å². The Hall–Kier alpha value is -2.13. The van der Waals surface area contributed by atoms with Crippen LogP contribution in [0.4, 0.5) is 0 Å². The fourth-order valence-corrected chi connectivity index (χ4v) is 4.89. The number of tetrazole rings is 1. The standard InChI is InChI=1S/C20H28N6O2S/c1-15-6-9-24(10-7-15)13-18-21-22-23-26(18)14-19(27)25-8-2-4-16(12-25)20(28)17-5-3-11-29-17/h3,5,11,15-16H,2,4,6-10,12-14H2,1H3/t16-/m0/s1. The van der Waals surface area contributed by atoms with Gasteiger partial charge in [-0.15, -0.1) is 16.4 Å². The van der Waals surface area contributed by atoms with E-state index in [1.165, 1.54) is 24.2 Å². The molecule has 0 bridgehead atoms. The monoisotopic (exact) mass is 416 g/mol. The minimum Gasteiger partial charge on any atom is -0.340 e. The molecule has 9 heteroatoms. The van der Waals surface area contributed by atoms with Crippen LogP contribution in [0.25, 0.3) is 0 Å². The van der Waals surface area contributed by atoms with Gasteiger partial charge in [0, 0.05) is 19.0 Å². The molecule has 0 aromatic carbocycles. The second-order valence-corrected chi connectivity index (χ2v) is 9.18. The maximum absolute atomic E-state index is 12.9. The molecule has 0 saturated carbocycles. The van der Waals surface area contributed by atoms with E-state index in [2.05, 4.69) is 27.3 Å². The summed E-state index contributed by atoms with van der Waals surface area (Å²) in [6.45, 7) is 6.35. The zero-order chi connectivity index (χ0) is 20.2. The first-order valence-corrected chi connectivity index (χ1v) is 11.3. The Balaban J connectivity index is 1.34. The zero-order valence-electron chi connectivity index (χ0n) is 16.9. The molecule has 0 aliphatic carbocycles. The lowest BCUT2D eigenvalue weighted by Crippen LogP contribution is -2.44. The van der Waals surface area contributed by atoms with Crippen molar-refractivity contribution in [1.29, 1.82) is 0 Å². The zero-order valence-corrected chi connectivity index (χ0v) is 17.7.